The lowest BCUT2D eigenvalue weighted by atomic mass is 10.2. The highest BCUT2D eigenvalue weighted by Gasteiger charge is 2.15. The summed E-state index contributed by atoms with van der Waals surface area (Å²) in [5.41, 5.74) is 6.98. The van der Waals surface area contributed by atoms with Crippen LogP contribution >= 0.6 is 0 Å². The second-order valence-electron chi connectivity index (χ2n) is 4.34. The number of anilines is 1. The highest BCUT2D eigenvalue weighted by Crippen LogP contribution is 2.20. The monoisotopic (exact) mass is 235 g/mol. The number of nitrogens with zero attached hydrogens (tertiary/aromatic N) is 2. The molecule has 0 atom stereocenters. The number of nitrogen functional groups attached to an aromatic ring is 1. The largest absolute Gasteiger partial charge is 0.369 e. The van der Waals surface area contributed by atoms with Crippen LogP contribution in [-0.2, 0) is 6.54 Å². The number of nitrogens with two attached hydrogens (primary N) is 1. The number of aromatic amines is 1. The van der Waals surface area contributed by atoms with Crippen LogP contribution in [0.5, 0.6) is 0 Å². The second kappa shape index (κ2) is 4.21. The summed E-state index contributed by atoms with van der Waals surface area (Å²) in [4.78, 5) is 18.7. The standard InChI is InChI=1S/C11H17N5O/c1-6(2)16-5-7(4-13-3)8-9(16)14-11(12)15-10(8)17/h5-6,13H,4H2,1-3H3,(H3,12,14,15,17). The molecule has 0 amide bonds. The van der Waals surface area contributed by atoms with Crippen molar-refractivity contribution in [2.24, 2.45) is 0 Å². The van der Waals surface area contributed by atoms with Gasteiger partial charge in [-0.05, 0) is 26.5 Å². The first kappa shape index (κ1) is 11.7. The molecule has 6 nitrogen and oxygen atoms in total. The zero-order chi connectivity index (χ0) is 12.6. The number of nitrogens with one attached hydrogen (secondary N) is 2. The van der Waals surface area contributed by atoms with E-state index in [0.29, 0.717) is 17.6 Å². The molecule has 2 rings (SSSR count). The quantitative estimate of drug-likeness (QED) is 0.727. The third-order valence-electron chi connectivity index (χ3n) is 2.70. The van der Waals surface area contributed by atoms with Gasteiger partial charge in [0.1, 0.15) is 5.65 Å². The van der Waals surface area contributed by atoms with Crippen molar-refractivity contribution in [1.82, 2.24) is 19.9 Å². The van der Waals surface area contributed by atoms with Crippen molar-refractivity contribution in [1.29, 1.82) is 0 Å². The van der Waals surface area contributed by atoms with Crippen molar-refractivity contribution in [3.05, 3.63) is 22.1 Å². The van der Waals surface area contributed by atoms with Crippen molar-refractivity contribution < 1.29 is 0 Å². The van der Waals surface area contributed by atoms with Crippen LogP contribution in [0.2, 0.25) is 0 Å². The molecule has 0 spiro atoms. The summed E-state index contributed by atoms with van der Waals surface area (Å²) in [5, 5.41) is 3.66. The lowest BCUT2D eigenvalue weighted by Crippen LogP contribution is -2.14. The molecule has 0 aliphatic heterocycles. The first-order valence-corrected chi connectivity index (χ1v) is 5.58. The van der Waals surface area contributed by atoms with E-state index in [1.807, 2.05) is 31.7 Å². The minimum absolute atomic E-state index is 0.151. The van der Waals surface area contributed by atoms with E-state index in [1.54, 1.807) is 0 Å². The maximum atomic E-state index is 11.9. The Morgan fingerprint density at radius 3 is 2.88 bits per heavy atom. The topological polar surface area (TPSA) is 88.7 Å². The van der Waals surface area contributed by atoms with Gasteiger partial charge in [0.05, 0.1) is 5.39 Å². The molecule has 2 heterocycles. The molecule has 0 aliphatic rings. The molecule has 6 heteroatoms. The number of hydrogen-bond acceptors (Lipinski definition) is 4. The fourth-order valence-electron chi connectivity index (χ4n) is 1.97. The van der Waals surface area contributed by atoms with Crippen molar-refractivity contribution >= 4 is 17.0 Å². The molecule has 0 bridgehead atoms. The number of hydrogen-bond donors (Lipinski definition) is 3. The van der Waals surface area contributed by atoms with E-state index in [0.717, 1.165) is 5.56 Å². The van der Waals surface area contributed by atoms with Crippen molar-refractivity contribution in [3.8, 4) is 0 Å². The van der Waals surface area contributed by atoms with Crippen LogP contribution in [0.3, 0.4) is 0 Å². The predicted octanol–water partition coefficient (Wildman–Crippen LogP) is 0.607. The molecular weight excluding hydrogens is 218 g/mol. The van der Waals surface area contributed by atoms with Gasteiger partial charge in [0.2, 0.25) is 5.95 Å². The maximum Gasteiger partial charge on any atom is 0.262 e. The van der Waals surface area contributed by atoms with E-state index >= 15 is 0 Å². The molecule has 0 saturated heterocycles. The number of aromatic nitrogens is 3. The van der Waals surface area contributed by atoms with E-state index < -0.39 is 0 Å². The maximum absolute atomic E-state index is 11.9. The molecule has 4 N–H and O–H groups in total. The molecule has 0 aliphatic carbocycles. The lowest BCUT2D eigenvalue weighted by molar-refractivity contribution is 0.614. The minimum atomic E-state index is -0.183. The summed E-state index contributed by atoms with van der Waals surface area (Å²) in [6.07, 6.45) is 1.95. The zero-order valence-corrected chi connectivity index (χ0v) is 10.2. The van der Waals surface area contributed by atoms with Gasteiger partial charge < -0.3 is 15.6 Å². The normalized spacial score (nSPS) is 11.5. The molecule has 0 unspecified atom stereocenters. The summed E-state index contributed by atoms with van der Waals surface area (Å²) >= 11 is 0. The zero-order valence-electron chi connectivity index (χ0n) is 10.2. The first-order chi connectivity index (χ1) is 8.04. The number of fused-ring (bicyclic) bond motifs is 1. The van der Waals surface area contributed by atoms with Crippen LogP contribution in [0, 0.1) is 0 Å². The Morgan fingerprint density at radius 1 is 1.59 bits per heavy atom. The van der Waals surface area contributed by atoms with Gasteiger partial charge in [0, 0.05) is 18.8 Å². The van der Waals surface area contributed by atoms with Gasteiger partial charge in [-0.2, -0.15) is 4.98 Å². The van der Waals surface area contributed by atoms with Crippen LogP contribution in [0.1, 0.15) is 25.5 Å². The molecule has 2 aromatic heterocycles. The van der Waals surface area contributed by atoms with E-state index in [1.165, 1.54) is 0 Å². The van der Waals surface area contributed by atoms with E-state index in [-0.39, 0.29) is 17.5 Å². The third-order valence-corrected chi connectivity index (χ3v) is 2.70. The van der Waals surface area contributed by atoms with Crippen LogP contribution in [-0.4, -0.2) is 21.6 Å². The first-order valence-electron chi connectivity index (χ1n) is 5.58. The van der Waals surface area contributed by atoms with Crippen LogP contribution in [0.15, 0.2) is 11.0 Å². The smallest absolute Gasteiger partial charge is 0.262 e. The fourth-order valence-corrected chi connectivity index (χ4v) is 1.97. The molecule has 2 aromatic rings. The second-order valence-corrected chi connectivity index (χ2v) is 4.34. The average Bonchev–Trinajstić information content (AvgIpc) is 2.57. The molecular formula is C11H17N5O. The van der Waals surface area contributed by atoms with Crippen LogP contribution in [0.25, 0.3) is 11.0 Å². The van der Waals surface area contributed by atoms with Crippen LogP contribution < -0.4 is 16.6 Å². The highest BCUT2D eigenvalue weighted by molar-refractivity contribution is 5.80. The number of H-pyrrole nitrogens is 1. The van der Waals surface area contributed by atoms with Gasteiger partial charge in [0.15, 0.2) is 0 Å². The van der Waals surface area contributed by atoms with Crippen molar-refractivity contribution in [2.45, 2.75) is 26.4 Å². The Labute approximate surface area is 98.8 Å². The third kappa shape index (κ3) is 1.91. The summed E-state index contributed by atoms with van der Waals surface area (Å²) in [7, 11) is 1.84. The predicted molar refractivity (Wildman–Crippen MR) is 67.9 cm³/mol. The molecule has 17 heavy (non-hydrogen) atoms. The molecule has 0 aromatic carbocycles. The SMILES string of the molecule is CNCc1cn(C(C)C)c2nc(N)[nH]c(=O)c12. The van der Waals surface area contributed by atoms with Gasteiger partial charge in [-0.3, -0.25) is 9.78 Å². The Kier molecular flexibility index (Phi) is 2.89. The molecule has 92 valence electrons. The Hall–Kier alpha value is -1.82. The van der Waals surface area contributed by atoms with Crippen molar-refractivity contribution in [2.75, 3.05) is 12.8 Å². The van der Waals surface area contributed by atoms with E-state index in [9.17, 15) is 4.79 Å². The Balaban J connectivity index is 2.81. The summed E-state index contributed by atoms with van der Waals surface area (Å²) in [6.45, 7) is 4.72. The van der Waals surface area contributed by atoms with E-state index in [4.69, 9.17) is 5.73 Å². The molecule has 0 fully saturated rings. The van der Waals surface area contributed by atoms with Gasteiger partial charge in [-0.1, -0.05) is 0 Å². The Bertz CT molecular complexity index is 596. The Morgan fingerprint density at radius 2 is 2.29 bits per heavy atom. The van der Waals surface area contributed by atoms with Gasteiger partial charge in [-0.15, -0.1) is 0 Å². The van der Waals surface area contributed by atoms with Gasteiger partial charge >= 0.3 is 0 Å². The van der Waals surface area contributed by atoms with Crippen molar-refractivity contribution in [3.63, 3.8) is 0 Å². The van der Waals surface area contributed by atoms with E-state index in [2.05, 4.69) is 15.3 Å². The number of rotatable bonds is 3. The van der Waals surface area contributed by atoms with Gasteiger partial charge in [-0.25, -0.2) is 0 Å². The molecule has 0 saturated carbocycles. The summed E-state index contributed by atoms with van der Waals surface area (Å²) in [6, 6.07) is 0.233. The molecule has 0 radical (unpaired) electrons. The highest BCUT2D eigenvalue weighted by atomic mass is 16.1. The minimum Gasteiger partial charge on any atom is -0.369 e. The average molecular weight is 235 g/mol. The summed E-state index contributed by atoms with van der Waals surface area (Å²) < 4.78 is 1.97. The summed E-state index contributed by atoms with van der Waals surface area (Å²) in [5.74, 6) is 0.151. The lowest BCUT2D eigenvalue weighted by Gasteiger charge is -2.07. The fraction of sp³-hybridized carbons (Fsp3) is 0.455. The van der Waals surface area contributed by atoms with Crippen LogP contribution in [0.4, 0.5) is 5.95 Å². The van der Waals surface area contributed by atoms with Gasteiger partial charge in [0.25, 0.3) is 5.56 Å².